The predicted octanol–water partition coefficient (Wildman–Crippen LogP) is 3.82. The molecular weight excluding hydrogens is 314 g/mol. The molecule has 2 unspecified atom stereocenters. The minimum absolute atomic E-state index is 0.160. The lowest BCUT2D eigenvalue weighted by Gasteiger charge is -2.37. The quantitative estimate of drug-likeness (QED) is 0.718. The summed E-state index contributed by atoms with van der Waals surface area (Å²) in [4.78, 5) is 14.7. The molecule has 4 heteroatoms. The van der Waals surface area contributed by atoms with Gasteiger partial charge in [0.25, 0.3) is 5.91 Å². The molecule has 0 spiro atoms. The zero-order chi connectivity index (χ0) is 12.7. The molecule has 0 aromatic heterocycles. The number of hydrogen-bond acceptors (Lipinski definition) is 1. The number of hydrogen-bond donors (Lipinski definition) is 0. The van der Waals surface area contributed by atoms with E-state index in [-0.39, 0.29) is 11.3 Å². The van der Waals surface area contributed by atoms with Gasteiger partial charge in [-0.1, -0.05) is 22.0 Å². The number of carbonyl (C=O) groups is 1. The van der Waals surface area contributed by atoms with Gasteiger partial charge in [0.1, 0.15) is 0 Å². The summed E-state index contributed by atoms with van der Waals surface area (Å²) in [6.07, 6.45) is 4.09. The summed E-state index contributed by atoms with van der Waals surface area (Å²) in [5.74, 6) is 0.160. The van der Waals surface area contributed by atoms with Gasteiger partial charge in [-0.15, -0.1) is 11.6 Å². The number of rotatable bonds is 1. The molecule has 18 heavy (non-hydrogen) atoms. The van der Waals surface area contributed by atoms with Gasteiger partial charge in [0.05, 0.1) is 0 Å². The molecule has 1 aromatic carbocycles. The number of amides is 1. The van der Waals surface area contributed by atoms with Crippen molar-refractivity contribution >= 4 is 33.4 Å². The van der Waals surface area contributed by atoms with E-state index in [9.17, 15) is 4.79 Å². The number of alkyl halides is 1. The lowest BCUT2D eigenvalue weighted by atomic mass is 10.0. The number of carbonyl (C=O) groups excluding carboxylic acids is 1. The third-order valence-corrected chi connectivity index (χ3v) is 4.83. The van der Waals surface area contributed by atoms with Crippen LogP contribution in [0.15, 0.2) is 28.7 Å². The SMILES string of the molecule is O=C(c1cccc(Br)c1)N1C2CCC1CC(Cl)C2. The molecule has 2 bridgehead atoms. The molecule has 0 saturated carbocycles. The number of nitrogens with zero attached hydrogens (tertiary/aromatic N) is 1. The molecule has 2 nitrogen and oxygen atoms in total. The minimum Gasteiger partial charge on any atom is -0.333 e. The van der Waals surface area contributed by atoms with Crippen molar-refractivity contribution < 1.29 is 4.79 Å². The lowest BCUT2D eigenvalue weighted by molar-refractivity contribution is 0.0599. The second kappa shape index (κ2) is 4.86. The van der Waals surface area contributed by atoms with E-state index in [1.165, 1.54) is 0 Å². The fourth-order valence-electron chi connectivity index (χ4n) is 3.21. The maximum Gasteiger partial charge on any atom is 0.254 e. The Morgan fingerprint density at radius 3 is 2.56 bits per heavy atom. The minimum atomic E-state index is 0.160. The number of fused-ring (bicyclic) bond motifs is 2. The summed E-state index contributed by atoms with van der Waals surface area (Å²) < 4.78 is 0.952. The summed E-state index contributed by atoms with van der Waals surface area (Å²) in [7, 11) is 0. The van der Waals surface area contributed by atoms with Crippen molar-refractivity contribution in [3.8, 4) is 0 Å². The van der Waals surface area contributed by atoms with E-state index in [2.05, 4.69) is 20.8 Å². The fraction of sp³-hybridized carbons (Fsp3) is 0.500. The van der Waals surface area contributed by atoms with Crippen LogP contribution in [-0.2, 0) is 0 Å². The zero-order valence-corrected chi connectivity index (χ0v) is 12.3. The van der Waals surface area contributed by atoms with Crippen LogP contribution in [0.25, 0.3) is 0 Å². The zero-order valence-electron chi connectivity index (χ0n) is 9.98. The topological polar surface area (TPSA) is 20.3 Å². The van der Waals surface area contributed by atoms with Crippen molar-refractivity contribution in [1.82, 2.24) is 4.90 Å². The Hall–Kier alpha value is -0.540. The predicted molar refractivity (Wildman–Crippen MR) is 76.0 cm³/mol. The largest absolute Gasteiger partial charge is 0.333 e. The standard InChI is InChI=1S/C14H15BrClNO/c15-10-3-1-2-9(6-10)14(18)17-12-4-5-13(17)8-11(16)7-12/h1-3,6,11-13H,4-5,7-8H2. The highest BCUT2D eigenvalue weighted by atomic mass is 79.9. The van der Waals surface area contributed by atoms with E-state index in [1.54, 1.807) is 0 Å². The van der Waals surface area contributed by atoms with Crippen LogP contribution in [0.5, 0.6) is 0 Å². The highest BCUT2D eigenvalue weighted by Crippen LogP contribution is 2.38. The van der Waals surface area contributed by atoms with Crippen LogP contribution in [0.2, 0.25) is 0 Å². The normalized spacial score (nSPS) is 30.6. The third-order valence-electron chi connectivity index (χ3n) is 3.98. The van der Waals surface area contributed by atoms with Crippen LogP contribution in [0.3, 0.4) is 0 Å². The maximum atomic E-state index is 12.6. The number of benzene rings is 1. The Bertz CT molecular complexity index is 465. The van der Waals surface area contributed by atoms with E-state index in [4.69, 9.17) is 11.6 Å². The van der Waals surface area contributed by atoms with E-state index in [0.717, 1.165) is 35.7 Å². The molecule has 96 valence electrons. The van der Waals surface area contributed by atoms with Crippen molar-refractivity contribution in [2.45, 2.75) is 43.1 Å². The summed E-state index contributed by atoms with van der Waals surface area (Å²) in [6.45, 7) is 0. The van der Waals surface area contributed by atoms with Gasteiger partial charge in [0.15, 0.2) is 0 Å². The molecule has 1 aromatic rings. The Labute approximate surface area is 120 Å². The van der Waals surface area contributed by atoms with Gasteiger partial charge in [0, 0.05) is 27.5 Å². The van der Waals surface area contributed by atoms with Crippen molar-refractivity contribution in [2.75, 3.05) is 0 Å². The number of halogens is 2. The Balaban J connectivity index is 1.85. The van der Waals surface area contributed by atoms with Crippen molar-refractivity contribution in [2.24, 2.45) is 0 Å². The summed E-state index contributed by atoms with van der Waals surface area (Å²) >= 11 is 9.66. The van der Waals surface area contributed by atoms with Gasteiger partial charge in [0.2, 0.25) is 0 Å². The van der Waals surface area contributed by atoms with Crippen LogP contribution >= 0.6 is 27.5 Å². The van der Waals surface area contributed by atoms with E-state index in [1.807, 2.05) is 24.3 Å². The lowest BCUT2D eigenvalue weighted by Crippen LogP contribution is -2.46. The Kier molecular flexibility index (Phi) is 3.37. The molecule has 2 heterocycles. The van der Waals surface area contributed by atoms with Crippen molar-refractivity contribution in [3.63, 3.8) is 0 Å². The first-order chi connectivity index (χ1) is 8.65. The van der Waals surface area contributed by atoms with Gasteiger partial charge < -0.3 is 4.90 Å². The van der Waals surface area contributed by atoms with Crippen LogP contribution in [0.4, 0.5) is 0 Å². The van der Waals surface area contributed by atoms with Crippen LogP contribution in [0.1, 0.15) is 36.0 Å². The summed E-state index contributed by atoms with van der Waals surface area (Å²) in [5, 5.41) is 0.244. The van der Waals surface area contributed by atoms with Crippen molar-refractivity contribution in [1.29, 1.82) is 0 Å². The molecule has 2 saturated heterocycles. The smallest absolute Gasteiger partial charge is 0.254 e. The molecule has 0 N–H and O–H groups in total. The van der Waals surface area contributed by atoms with Gasteiger partial charge >= 0.3 is 0 Å². The van der Waals surface area contributed by atoms with Crippen LogP contribution in [-0.4, -0.2) is 28.3 Å². The van der Waals surface area contributed by atoms with Gasteiger partial charge in [-0.25, -0.2) is 0 Å². The monoisotopic (exact) mass is 327 g/mol. The van der Waals surface area contributed by atoms with Gasteiger partial charge in [-0.3, -0.25) is 4.79 Å². The third kappa shape index (κ3) is 2.19. The van der Waals surface area contributed by atoms with Crippen LogP contribution in [0, 0.1) is 0 Å². The first kappa shape index (κ1) is 12.5. The Morgan fingerprint density at radius 1 is 1.28 bits per heavy atom. The molecule has 2 aliphatic heterocycles. The van der Waals surface area contributed by atoms with Gasteiger partial charge in [-0.05, 0) is 43.9 Å². The van der Waals surface area contributed by atoms with Crippen LogP contribution < -0.4 is 0 Å². The second-order valence-electron chi connectivity index (χ2n) is 5.18. The molecule has 0 aliphatic carbocycles. The first-order valence-corrected chi connectivity index (χ1v) is 7.60. The highest BCUT2D eigenvalue weighted by Gasteiger charge is 2.42. The molecule has 2 atom stereocenters. The first-order valence-electron chi connectivity index (χ1n) is 6.37. The molecule has 1 amide bonds. The van der Waals surface area contributed by atoms with Crippen molar-refractivity contribution in [3.05, 3.63) is 34.3 Å². The Morgan fingerprint density at radius 2 is 1.94 bits per heavy atom. The molecule has 0 radical (unpaired) electrons. The van der Waals surface area contributed by atoms with E-state index < -0.39 is 0 Å². The average molecular weight is 329 g/mol. The van der Waals surface area contributed by atoms with Gasteiger partial charge in [-0.2, -0.15) is 0 Å². The van der Waals surface area contributed by atoms with E-state index in [0.29, 0.717) is 12.1 Å². The maximum absolute atomic E-state index is 12.6. The molecular formula is C14H15BrClNO. The van der Waals surface area contributed by atoms with E-state index >= 15 is 0 Å². The molecule has 2 aliphatic rings. The molecule has 2 fully saturated rings. The summed E-state index contributed by atoms with van der Waals surface area (Å²) in [6, 6.07) is 8.33. The molecule has 3 rings (SSSR count). The average Bonchev–Trinajstić information content (AvgIpc) is 2.61. The second-order valence-corrected chi connectivity index (χ2v) is 6.71. The number of piperidine rings is 1. The highest BCUT2D eigenvalue weighted by molar-refractivity contribution is 9.10. The fourth-order valence-corrected chi connectivity index (χ4v) is 4.02. The summed E-state index contributed by atoms with van der Waals surface area (Å²) in [5.41, 5.74) is 0.772.